The summed E-state index contributed by atoms with van der Waals surface area (Å²) in [5, 5.41) is 4.45. The maximum atomic E-state index is 13.4. The number of nitrogens with zero attached hydrogens (tertiary/aromatic N) is 5. The fourth-order valence-electron chi connectivity index (χ4n) is 3.82. The van der Waals surface area contributed by atoms with Crippen LogP contribution in [0.2, 0.25) is 0 Å². The molecule has 3 heterocycles. The van der Waals surface area contributed by atoms with Crippen LogP contribution in [-0.2, 0) is 18.4 Å². The van der Waals surface area contributed by atoms with Crippen molar-refractivity contribution < 1.29 is 14.3 Å². The predicted molar refractivity (Wildman–Crippen MR) is 128 cm³/mol. The van der Waals surface area contributed by atoms with Crippen LogP contribution in [0.1, 0.15) is 5.56 Å². The molecular formula is C25H23N5O4. The van der Waals surface area contributed by atoms with Gasteiger partial charge in [-0.05, 0) is 17.7 Å². The first-order chi connectivity index (χ1) is 16.6. The van der Waals surface area contributed by atoms with Crippen molar-refractivity contribution in [2.24, 2.45) is 7.05 Å². The minimum absolute atomic E-state index is 0.162. The van der Waals surface area contributed by atoms with Crippen molar-refractivity contribution in [2.45, 2.75) is 6.54 Å². The third-order valence-electron chi connectivity index (χ3n) is 5.56. The van der Waals surface area contributed by atoms with Crippen LogP contribution in [-0.4, -0.2) is 45.0 Å². The molecule has 9 heteroatoms. The van der Waals surface area contributed by atoms with Gasteiger partial charge in [-0.25, -0.2) is 4.98 Å². The molecule has 172 valence electrons. The summed E-state index contributed by atoms with van der Waals surface area (Å²) in [6.07, 6.45) is 6.71. The molecule has 5 rings (SSSR count). The smallest absolute Gasteiger partial charge is 0.264 e. The molecule has 1 aliphatic rings. The van der Waals surface area contributed by atoms with E-state index in [0.717, 1.165) is 5.56 Å². The van der Waals surface area contributed by atoms with Gasteiger partial charge >= 0.3 is 0 Å². The first-order valence-corrected chi connectivity index (χ1v) is 10.9. The summed E-state index contributed by atoms with van der Waals surface area (Å²) in [5.41, 5.74) is 1.84. The van der Waals surface area contributed by atoms with Crippen LogP contribution in [0.4, 0.5) is 5.69 Å². The number of ether oxygens (including phenoxy) is 2. The van der Waals surface area contributed by atoms with Gasteiger partial charge in [0.2, 0.25) is 5.91 Å². The highest BCUT2D eigenvalue weighted by atomic mass is 16.6. The first kappa shape index (κ1) is 21.4. The number of carbonyl (C=O) groups is 1. The van der Waals surface area contributed by atoms with Crippen molar-refractivity contribution in [2.75, 3.05) is 24.7 Å². The number of hydrogen-bond acceptors (Lipinski definition) is 6. The highest BCUT2D eigenvalue weighted by Crippen LogP contribution is 2.34. The lowest BCUT2D eigenvalue weighted by Crippen LogP contribution is -2.37. The van der Waals surface area contributed by atoms with E-state index in [0.29, 0.717) is 48.0 Å². The van der Waals surface area contributed by atoms with Crippen LogP contribution in [0.25, 0.3) is 17.1 Å². The van der Waals surface area contributed by atoms with Gasteiger partial charge in [0, 0.05) is 25.3 Å². The third-order valence-corrected chi connectivity index (χ3v) is 5.56. The Kier molecular flexibility index (Phi) is 5.82. The minimum Gasteiger partial charge on any atom is -0.486 e. The summed E-state index contributed by atoms with van der Waals surface area (Å²) < 4.78 is 14.1. The van der Waals surface area contributed by atoms with E-state index in [4.69, 9.17) is 9.47 Å². The van der Waals surface area contributed by atoms with Crippen molar-refractivity contribution in [3.05, 3.63) is 83.0 Å². The van der Waals surface area contributed by atoms with Crippen LogP contribution >= 0.6 is 0 Å². The lowest BCUT2D eigenvalue weighted by atomic mass is 10.2. The molecule has 0 aliphatic carbocycles. The highest BCUT2D eigenvalue weighted by Gasteiger charge is 2.20. The maximum Gasteiger partial charge on any atom is 0.264 e. The van der Waals surface area contributed by atoms with Crippen LogP contribution in [0.15, 0.2) is 71.9 Å². The second-order valence-corrected chi connectivity index (χ2v) is 7.83. The monoisotopic (exact) mass is 457 g/mol. The van der Waals surface area contributed by atoms with E-state index in [1.165, 1.54) is 21.8 Å². The summed E-state index contributed by atoms with van der Waals surface area (Å²) in [4.78, 5) is 32.2. The SMILES string of the molecule is Cn1ncc2c(=O)n(CC(=O)N(C/C=C/c3ccccc3)c3ccc4c(c3)OCCO4)cnc21. The number of rotatable bonds is 6. The maximum absolute atomic E-state index is 13.4. The van der Waals surface area contributed by atoms with E-state index in [-0.39, 0.29) is 18.0 Å². The lowest BCUT2D eigenvalue weighted by molar-refractivity contribution is -0.119. The second kappa shape index (κ2) is 9.22. The number of fused-ring (bicyclic) bond motifs is 2. The Morgan fingerprint density at radius 2 is 1.91 bits per heavy atom. The van der Waals surface area contributed by atoms with Gasteiger partial charge in [-0.1, -0.05) is 42.5 Å². The minimum atomic E-state index is -0.312. The number of hydrogen-bond donors (Lipinski definition) is 0. The van der Waals surface area contributed by atoms with Crippen LogP contribution in [0, 0.1) is 0 Å². The fraction of sp³-hybridized carbons (Fsp3) is 0.200. The number of carbonyl (C=O) groups excluding carboxylic acids is 1. The number of anilines is 1. The normalized spacial score (nSPS) is 12.9. The standard InChI is InChI=1S/C25H23N5O4/c1-28-24-20(15-27-28)25(32)29(17-26-24)16-23(31)30(11-5-8-18-6-3-2-4-7-18)19-9-10-21-22(14-19)34-13-12-33-21/h2-10,14-15,17H,11-13,16H2,1H3/b8-5+. The zero-order chi connectivity index (χ0) is 23.5. The molecule has 9 nitrogen and oxygen atoms in total. The molecule has 0 fully saturated rings. The number of amides is 1. The van der Waals surface area contributed by atoms with E-state index >= 15 is 0 Å². The Morgan fingerprint density at radius 1 is 1.12 bits per heavy atom. The molecule has 2 aromatic heterocycles. The topological polar surface area (TPSA) is 91.5 Å². The van der Waals surface area contributed by atoms with Gasteiger partial charge in [-0.2, -0.15) is 5.10 Å². The molecule has 1 aliphatic heterocycles. The van der Waals surface area contributed by atoms with Crippen molar-refractivity contribution in [3.63, 3.8) is 0 Å². The summed E-state index contributed by atoms with van der Waals surface area (Å²) in [6.45, 7) is 1.08. The van der Waals surface area contributed by atoms with Gasteiger partial charge in [0.1, 0.15) is 31.5 Å². The molecule has 0 unspecified atom stereocenters. The quantitative estimate of drug-likeness (QED) is 0.442. The van der Waals surface area contributed by atoms with Crippen molar-refractivity contribution in [3.8, 4) is 11.5 Å². The largest absolute Gasteiger partial charge is 0.486 e. The average Bonchev–Trinajstić information content (AvgIpc) is 3.25. The van der Waals surface area contributed by atoms with Crippen molar-refractivity contribution in [1.29, 1.82) is 0 Å². The molecule has 0 bridgehead atoms. The molecule has 4 aromatic rings. The highest BCUT2D eigenvalue weighted by molar-refractivity contribution is 5.94. The number of benzene rings is 2. The Morgan fingerprint density at radius 3 is 2.74 bits per heavy atom. The molecule has 0 radical (unpaired) electrons. The number of aryl methyl sites for hydroxylation is 1. The average molecular weight is 457 g/mol. The van der Waals surface area contributed by atoms with E-state index in [2.05, 4.69) is 10.1 Å². The summed E-state index contributed by atoms with van der Waals surface area (Å²) >= 11 is 0. The van der Waals surface area contributed by atoms with E-state index < -0.39 is 0 Å². The molecule has 1 amide bonds. The van der Waals surface area contributed by atoms with Gasteiger partial charge in [0.25, 0.3) is 5.56 Å². The molecular weight excluding hydrogens is 434 g/mol. The summed E-state index contributed by atoms with van der Waals surface area (Å²) in [7, 11) is 1.72. The summed E-state index contributed by atoms with van der Waals surface area (Å²) in [5.74, 6) is 0.968. The van der Waals surface area contributed by atoms with E-state index in [1.807, 2.05) is 48.6 Å². The van der Waals surface area contributed by atoms with Gasteiger partial charge in [0.15, 0.2) is 17.1 Å². The zero-order valence-corrected chi connectivity index (χ0v) is 18.6. The van der Waals surface area contributed by atoms with Gasteiger partial charge in [-0.3, -0.25) is 18.8 Å². The van der Waals surface area contributed by atoms with Gasteiger partial charge in [0.05, 0.1) is 6.20 Å². The number of aromatic nitrogens is 4. The van der Waals surface area contributed by atoms with Gasteiger partial charge < -0.3 is 14.4 Å². The molecule has 0 atom stereocenters. The van der Waals surface area contributed by atoms with Crippen LogP contribution in [0.5, 0.6) is 11.5 Å². The molecule has 0 saturated heterocycles. The van der Waals surface area contributed by atoms with Gasteiger partial charge in [-0.15, -0.1) is 0 Å². The Balaban J connectivity index is 1.44. The molecule has 34 heavy (non-hydrogen) atoms. The Hall–Kier alpha value is -4.40. The van der Waals surface area contributed by atoms with E-state index in [1.54, 1.807) is 24.1 Å². The summed E-state index contributed by atoms with van der Waals surface area (Å²) in [6, 6.07) is 15.2. The van der Waals surface area contributed by atoms with Crippen LogP contribution < -0.4 is 19.9 Å². The molecule has 0 spiro atoms. The van der Waals surface area contributed by atoms with Crippen LogP contribution in [0.3, 0.4) is 0 Å². The molecule has 0 saturated carbocycles. The third kappa shape index (κ3) is 4.27. The fourth-order valence-corrected chi connectivity index (χ4v) is 3.82. The van der Waals surface area contributed by atoms with E-state index in [9.17, 15) is 9.59 Å². The second-order valence-electron chi connectivity index (χ2n) is 7.83. The Labute approximate surface area is 195 Å². The first-order valence-electron chi connectivity index (χ1n) is 10.9. The van der Waals surface area contributed by atoms with Crippen molar-refractivity contribution in [1.82, 2.24) is 19.3 Å². The zero-order valence-electron chi connectivity index (χ0n) is 18.6. The van der Waals surface area contributed by atoms with Crippen molar-refractivity contribution >= 4 is 28.7 Å². The molecule has 2 aromatic carbocycles. The predicted octanol–water partition coefficient (Wildman–Crippen LogP) is 2.65. The lowest BCUT2D eigenvalue weighted by Gasteiger charge is -2.25. The molecule has 0 N–H and O–H groups in total. The Bertz CT molecular complexity index is 1420.